The van der Waals surface area contributed by atoms with Gasteiger partial charge < -0.3 is 5.32 Å². The number of carbonyl (C=O) groups excluding carboxylic acids is 1. The molecular weight excluding hydrogens is 284 g/mol. The third-order valence-electron chi connectivity index (χ3n) is 4.50. The highest BCUT2D eigenvalue weighted by Gasteiger charge is 2.23. The maximum Gasteiger partial charge on any atom is 0.241 e. The summed E-state index contributed by atoms with van der Waals surface area (Å²) < 4.78 is 0. The van der Waals surface area contributed by atoms with Crippen LogP contribution in [-0.4, -0.2) is 11.9 Å². The van der Waals surface area contributed by atoms with Gasteiger partial charge >= 0.3 is 0 Å². The lowest BCUT2D eigenvalue weighted by atomic mass is 9.87. The van der Waals surface area contributed by atoms with E-state index in [9.17, 15) is 4.79 Å². The number of aryl methyl sites for hydroxylation is 2. The molecule has 0 fully saturated rings. The number of benzene rings is 2. The van der Waals surface area contributed by atoms with Crippen LogP contribution in [-0.2, 0) is 11.2 Å². The van der Waals surface area contributed by atoms with Gasteiger partial charge in [-0.1, -0.05) is 36.4 Å². The monoisotopic (exact) mass is 308 g/mol. The fourth-order valence-electron chi connectivity index (χ4n) is 3.28. The minimum atomic E-state index is -0.230. The van der Waals surface area contributed by atoms with Gasteiger partial charge in [0.2, 0.25) is 5.91 Å². The summed E-state index contributed by atoms with van der Waals surface area (Å²) in [6.07, 6.45) is 3.39. The molecule has 2 aromatic rings. The van der Waals surface area contributed by atoms with Gasteiger partial charge in [-0.15, -0.1) is 0 Å². The van der Waals surface area contributed by atoms with E-state index in [1.54, 1.807) is 0 Å². The van der Waals surface area contributed by atoms with Crippen LogP contribution in [0.5, 0.6) is 0 Å². The Morgan fingerprint density at radius 3 is 2.83 bits per heavy atom. The van der Waals surface area contributed by atoms with Crippen molar-refractivity contribution in [3.05, 3.63) is 65.2 Å². The molecule has 0 spiro atoms. The first-order chi connectivity index (χ1) is 11.1. The van der Waals surface area contributed by atoms with Gasteiger partial charge in [0.15, 0.2) is 0 Å². The van der Waals surface area contributed by atoms with Crippen molar-refractivity contribution in [2.75, 3.05) is 5.32 Å². The fraction of sp³-hybridized carbons (Fsp3) is 0.350. The molecule has 0 bridgehead atoms. The van der Waals surface area contributed by atoms with Crippen molar-refractivity contribution in [1.82, 2.24) is 5.32 Å². The van der Waals surface area contributed by atoms with Gasteiger partial charge in [-0.3, -0.25) is 10.1 Å². The fourth-order valence-corrected chi connectivity index (χ4v) is 3.28. The average molecular weight is 308 g/mol. The number of carbonyl (C=O) groups is 1. The molecule has 0 unspecified atom stereocenters. The molecule has 2 atom stereocenters. The summed E-state index contributed by atoms with van der Waals surface area (Å²) in [5.74, 6) is 0.0126. The van der Waals surface area contributed by atoms with Crippen LogP contribution in [0, 0.1) is 6.92 Å². The maximum atomic E-state index is 12.4. The minimum absolute atomic E-state index is 0.0126. The molecule has 0 saturated carbocycles. The van der Waals surface area contributed by atoms with Gasteiger partial charge in [0.1, 0.15) is 0 Å². The highest BCUT2D eigenvalue weighted by molar-refractivity contribution is 5.94. The summed E-state index contributed by atoms with van der Waals surface area (Å²) in [6.45, 7) is 3.96. The molecule has 3 nitrogen and oxygen atoms in total. The molecule has 0 radical (unpaired) electrons. The second kappa shape index (κ2) is 6.97. The van der Waals surface area contributed by atoms with Crippen molar-refractivity contribution in [2.45, 2.75) is 45.2 Å². The molecule has 1 aliphatic rings. The highest BCUT2D eigenvalue weighted by atomic mass is 16.2. The van der Waals surface area contributed by atoms with Gasteiger partial charge in [0.05, 0.1) is 6.04 Å². The first-order valence-electron chi connectivity index (χ1n) is 8.35. The lowest BCUT2D eigenvalue weighted by Gasteiger charge is -2.29. The third kappa shape index (κ3) is 3.80. The van der Waals surface area contributed by atoms with Crippen molar-refractivity contribution >= 4 is 11.6 Å². The van der Waals surface area contributed by atoms with Gasteiger partial charge in [-0.25, -0.2) is 0 Å². The standard InChI is InChI=1S/C20H24N2O/c1-14-7-5-10-17(13-14)22-20(23)15(2)21-19-12-6-9-16-8-3-4-11-18(16)19/h3-5,7-8,10-11,13,15,19,21H,6,9,12H2,1-2H3,(H,22,23)/t15-,19+/m1/s1. The maximum absolute atomic E-state index is 12.4. The van der Waals surface area contributed by atoms with Gasteiger partial charge in [-0.05, 0) is 61.9 Å². The number of fused-ring (bicyclic) bond motifs is 1. The van der Waals surface area contributed by atoms with Crippen LogP contribution in [0.4, 0.5) is 5.69 Å². The Morgan fingerprint density at radius 1 is 1.17 bits per heavy atom. The smallest absolute Gasteiger partial charge is 0.241 e. The Balaban J connectivity index is 1.65. The number of amides is 1. The Bertz CT molecular complexity index is 696. The lowest BCUT2D eigenvalue weighted by molar-refractivity contribution is -0.118. The van der Waals surface area contributed by atoms with E-state index in [1.807, 2.05) is 38.1 Å². The largest absolute Gasteiger partial charge is 0.325 e. The van der Waals surface area contributed by atoms with Crippen molar-refractivity contribution in [2.24, 2.45) is 0 Å². The van der Waals surface area contributed by atoms with E-state index in [1.165, 1.54) is 17.5 Å². The van der Waals surface area contributed by atoms with Crippen LogP contribution in [0.25, 0.3) is 0 Å². The first kappa shape index (κ1) is 15.8. The van der Waals surface area contributed by atoms with E-state index in [-0.39, 0.29) is 18.0 Å². The predicted octanol–water partition coefficient (Wildman–Crippen LogP) is 3.99. The molecule has 0 saturated heterocycles. The van der Waals surface area contributed by atoms with E-state index >= 15 is 0 Å². The Kier molecular flexibility index (Phi) is 4.77. The molecule has 0 heterocycles. The molecule has 3 rings (SSSR count). The van der Waals surface area contributed by atoms with Crippen molar-refractivity contribution < 1.29 is 4.79 Å². The van der Waals surface area contributed by atoms with Gasteiger partial charge in [0, 0.05) is 11.7 Å². The van der Waals surface area contributed by atoms with Crippen LogP contribution in [0.3, 0.4) is 0 Å². The molecule has 23 heavy (non-hydrogen) atoms. The Hall–Kier alpha value is -2.13. The summed E-state index contributed by atoms with van der Waals surface area (Å²) in [6, 6.07) is 16.5. The SMILES string of the molecule is Cc1cccc(NC(=O)[C@@H](C)N[C@H]2CCCc3ccccc32)c1. The number of anilines is 1. The van der Waals surface area contributed by atoms with E-state index < -0.39 is 0 Å². The summed E-state index contributed by atoms with van der Waals surface area (Å²) in [5.41, 5.74) is 4.74. The average Bonchev–Trinajstić information content (AvgIpc) is 2.55. The zero-order chi connectivity index (χ0) is 16.2. The number of hydrogen-bond donors (Lipinski definition) is 2. The molecule has 0 aliphatic heterocycles. The summed E-state index contributed by atoms with van der Waals surface area (Å²) >= 11 is 0. The van der Waals surface area contributed by atoms with Crippen LogP contribution in [0.1, 0.15) is 42.5 Å². The third-order valence-corrected chi connectivity index (χ3v) is 4.50. The minimum Gasteiger partial charge on any atom is -0.325 e. The lowest BCUT2D eigenvalue weighted by Crippen LogP contribution is -2.41. The normalized spacial score (nSPS) is 18.1. The molecule has 2 aromatic carbocycles. The van der Waals surface area contributed by atoms with Gasteiger partial charge in [-0.2, -0.15) is 0 Å². The van der Waals surface area contributed by atoms with Crippen molar-refractivity contribution in [3.63, 3.8) is 0 Å². The van der Waals surface area contributed by atoms with Crippen LogP contribution < -0.4 is 10.6 Å². The van der Waals surface area contributed by atoms with Crippen LogP contribution in [0.2, 0.25) is 0 Å². The topological polar surface area (TPSA) is 41.1 Å². The second-order valence-electron chi connectivity index (χ2n) is 6.39. The summed E-state index contributed by atoms with van der Waals surface area (Å²) in [7, 11) is 0. The number of hydrogen-bond acceptors (Lipinski definition) is 2. The molecule has 1 aliphatic carbocycles. The molecule has 2 N–H and O–H groups in total. The molecular formula is C20H24N2O. The number of nitrogens with one attached hydrogen (secondary N) is 2. The van der Waals surface area contributed by atoms with Crippen LogP contribution >= 0.6 is 0 Å². The van der Waals surface area contributed by atoms with Crippen molar-refractivity contribution in [1.29, 1.82) is 0 Å². The molecule has 1 amide bonds. The van der Waals surface area contributed by atoms with Gasteiger partial charge in [0.25, 0.3) is 0 Å². The Labute approximate surface area is 138 Å². The zero-order valence-electron chi connectivity index (χ0n) is 13.8. The highest BCUT2D eigenvalue weighted by Crippen LogP contribution is 2.29. The van der Waals surface area contributed by atoms with E-state index in [0.29, 0.717) is 0 Å². The van der Waals surface area contributed by atoms with E-state index in [0.717, 1.165) is 24.1 Å². The molecule has 0 aromatic heterocycles. The van der Waals surface area contributed by atoms with Crippen LogP contribution in [0.15, 0.2) is 48.5 Å². The summed E-state index contributed by atoms with van der Waals surface area (Å²) in [4.78, 5) is 12.4. The molecule has 120 valence electrons. The zero-order valence-corrected chi connectivity index (χ0v) is 13.8. The molecule has 3 heteroatoms. The number of rotatable bonds is 4. The van der Waals surface area contributed by atoms with E-state index in [2.05, 4.69) is 34.9 Å². The first-order valence-corrected chi connectivity index (χ1v) is 8.35. The van der Waals surface area contributed by atoms with E-state index in [4.69, 9.17) is 0 Å². The second-order valence-corrected chi connectivity index (χ2v) is 6.39. The quantitative estimate of drug-likeness (QED) is 0.896. The Morgan fingerprint density at radius 2 is 2.00 bits per heavy atom. The summed E-state index contributed by atoms with van der Waals surface area (Å²) in [5, 5.41) is 6.49. The van der Waals surface area contributed by atoms with Crippen molar-refractivity contribution in [3.8, 4) is 0 Å². The predicted molar refractivity (Wildman–Crippen MR) is 94.5 cm³/mol.